The summed E-state index contributed by atoms with van der Waals surface area (Å²) in [5.74, 6) is -0.504. The lowest BCUT2D eigenvalue weighted by molar-refractivity contribution is -0.151. The highest BCUT2D eigenvalue weighted by atomic mass is 16.5. The zero-order valence-corrected chi connectivity index (χ0v) is 39.4. The van der Waals surface area contributed by atoms with Crippen LogP contribution in [0, 0.1) is 0 Å². The molecule has 0 saturated carbocycles. The van der Waals surface area contributed by atoms with Gasteiger partial charge in [-0.1, -0.05) is 224 Å². The molecule has 0 aliphatic rings. The number of unbranched alkanes of at least 4 members (excludes halogenated alkanes) is 28. The zero-order valence-electron chi connectivity index (χ0n) is 39.4. The van der Waals surface area contributed by atoms with E-state index in [1.807, 2.05) is 0 Å². The topological polar surface area (TPSA) is 95.9 Å². The van der Waals surface area contributed by atoms with Crippen molar-refractivity contribution in [1.29, 1.82) is 0 Å². The van der Waals surface area contributed by atoms with Crippen molar-refractivity contribution in [1.82, 2.24) is 5.32 Å². The molecule has 3 atom stereocenters. The molecule has 6 heteroatoms. The Kier molecular flexibility index (Phi) is 45.6. The monoisotopic (exact) mass is 830 g/mol. The van der Waals surface area contributed by atoms with Crippen LogP contribution in [0.15, 0.2) is 36.5 Å². The van der Waals surface area contributed by atoms with Crippen LogP contribution in [0.5, 0.6) is 0 Å². The fourth-order valence-electron chi connectivity index (χ4n) is 7.79. The third kappa shape index (κ3) is 42.6. The van der Waals surface area contributed by atoms with Crippen LogP contribution >= 0.6 is 0 Å². The van der Waals surface area contributed by atoms with E-state index in [1.54, 1.807) is 0 Å². The van der Waals surface area contributed by atoms with E-state index in [0.29, 0.717) is 19.3 Å². The Morgan fingerprint density at radius 1 is 0.492 bits per heavy atom. The maximum absolute atomic E-state index is 13.2. The van der Waals surface area contributed by atoms with Crippen molar-refractivity contribution in [2.75, 3.05) is 6.61 Å². The predicted octanol–water partition coefficient (Wildman–Crippen LogP) is 15.3. The summed E-state index contributed by atoms with van der Waals surface area (Å²) in [5, 5.41) is 23.8. The van der Waals surface area contributed by atoms with Gasteiger partial charge in [-0.25, -0.2) is 0 Å². The standard InChI is InChI=1S/C53H99NO5/c1-4-7-10-13-16-19-22-24-26-28-30-32-35-38-41-44-49(59-53(58)46-43-40-37-34-21-18-15-12-9-6-3)47-52(57)54-50(48-55)51(56)45-42-39-36-33-31-29-27-25-23-20-17-14-11-8-5-2/h16,19,24,26,30,32,49-51,55-56H,4-15,17-18,20-23,25,27-29,31,33-48H2,1-3H3,(H,54,57)/b19-16-,26-24-,32-30-. The SMILES string of the molecule is CCCCC/C=C\C/C=C\C/C=C\CCCCC(CC(=O)NC(CO)C(O)CCCCCCCCCCCCCCCCC)OC(=O)CCCCCCCCCCCC. The Labute approximate surface area is 366 Å². The van der Waals surface area contributed by atoms with E-state index in [9.17, 15) is 19.8 Å². The minimum absolute atomic E-state index is 0.0552. The van der Waals surface area contributed by atoms with Gasteiger partial charge in [0.15, 0.2) is 0 Å². The number of aliphatic hydroxyl groups excluding tert-OH is 2. The first kappa shape index (κ1) is 57.1. The van der Waals surface area contributed by atoms with Crippen LogP contribution in [0.25, 0.3) is 0 Å². The molecule has 0 aliphatic heterocycles. The Morgan fingerprint density at radius 3 is 1.32 bits per heavy atom. The molecule has 0 radical (unpaired) electrons. The van der Waals surface area contributed by atoms with E-state index < -0.39 is 18.2 Å². The average Bonchev–Trinajstić information content (AvgIpc) is 3.23. The maximum Gasteiger partial charge on any atom is 0.306 e. The van der Waals surface area contributed by atoms with Gasteiger partial charge >= 0.3 is 5.97 Å². The van der Waals surface area contributed by atoms with Gasteiger partial charge in [-0.3, -0.25) is 9.59 Å². The van der Waals surface area contributed by atoms with Gasteiger partial charge in [-0.15, -0.1) is 0 Å². The Bertz CT molecular complexity index is 977. The molecule has 0 aromatic rings. The number of esters is 1. The van der Waals surface area contributed by atoms with Crippen molar-refractivity contribution in [3.05, 3.63) is 36.5 Å². The summed E-state index contributed by atoms with van der Waals surface area (Å²) in [6, 6.07) is -0.710. The number of carbonyl (C=O) groups is 2. The molecular formula is C53H99NO5. The largest absolute Gasteiger partial charge is 0.462 e. The quantitative estimate of drug-likeness (QED) is 0.0323. The first-order valence-corrected chi connectivity index (χ1v) is 25.7. The number of ether oxygens (including phenoxy) is 1. The molecule has 1 amide bonds. The van der Waals surface area contributed by atoms with Crippen molar-refractivity contribution >= 4 is 11.9 Å². The highest BCUT2D eigenvalue weighted by molar-refractivity contribution is 5.77. The minimum atomic E-state index is -0.795. The van der Waals surface area contributed by atoms with Crippen LogP contribution in [0.2, 0.25) is 0 Å². The third-order valence-electron chi connectivity index (χ3n) is 11.7. The molecule has 0 saturated heterocycles. The third-order valence-corrected chi connectivity index (χ3v) is 11.7. The minimum Gasteiger partial charge on any atom is -0.462 e. The second-order valence-corrected chi connectivity index (χ2v) is 17.6. The van der Waals surface area contributed by atoms with E-state index in [-0.39, 0.29) is 24.9 Å². The van der Waals surface area contributed by atoms with Crippen LogP contribution < -0.4 is 5.32 Å². The van der Waals surface area contributed by atoms with Crippen molar-refractivity contribution in [2.45, 2.75) is 283 Å². The summed E-state index contributed by atoms with van der Waals surface area (Å²) in [6.07, 6.45) is 54.9. The first-order chi connectivity index (χ1) is 29.0. The van der Waals surface area contributed by atoms with Gasteiger partial charge in [0.1, 0.15) is 6.10 Å². The first-order valence-electron chi connectivity index (χ1n) is 25.7. The Hall–Kier alpha value is -1.92. The molecule has 59 heavy (non-hydrogen) atoms. The molecule has 346 valence electrons. The lowest BCUT2D eigenvalue weighted by Crippen LogP contribution is -2.46. The van der Waals surface area contributed by atoms with Gasteiger partial charge < -0.3 is 20.3 Å². The molecule has 3 N–H and O–H groups in total. The molecule has 3 unspecified atom stereocenters. The number of hydrogen-bond acceptors (Lipinski definition) is 5. The Morgan fingerprint density at radius 2 is 0.864 bits per heavy atom. The smallest absolute Gasteiger partial charge is 0.306 e. The molecule has 0 aliphatic carbocycles. The number of rotatable bonds is 46. The highest BCUT2D eigenvalue weighted by Crippen LogP contribution is 2.17. The van der Waals surface area contributed by atoms with Crippen molar-refractivity contribution < 1.29 is 24.5 Å². The fourth-order valence-corrected chi connectivity index (χ4v) is 7.79. The lowest BCUT2D eigenvalue weighted by atomic mass is 10.0. The summed E-state index contributed by atoms with van der Waals surface area (Å²) < 4.78 is 5.90. The molecular weight excluding hydrogens is 731 g/mol. The van der Waals surface area contributed by atoms with E-state index >= 15 is 0 Å². The number of allylic oxidation sites excluding steroid dienone is 6. The molecule has 0 fully saturated rings. The van der Waals surface area contributed by atoms with E-state index in [0.717, 1.165) is 70.6 Å². The van der Waals surface area contributed by atoms with Crippen LogP contribution in [-0.4, -0.2) is 46.9 Å². The number of aliphatic hydroxyl groups is 2. The van der Waals surface area contributed by atoms with Gasteiger partial charge in [-0.05, 0) is 64.2 Å². The number of nitrogens with one attached hydrogen (secondary N) is 1. The van der Waals surface area contributed by atoms with Crippen LogP contribution in [0.4, 0.5) is 0 Å². The van der Waals surface area contributed by atoms with Gasteiger partial charge in [0.2, 0.25) is 5.91 Å². The molecule has 6 nitrogen and oxygen atoms in total. The van der Waals surface area contributed by atoms with E-state index in [1.165, 1.54) is 148 Å². The van der Waals surface area contributed by atoms with Crippen LogP contribution in [0.3, 0.4) is 0 Å². The second kappa shape index (κ2) is 47.1. The molecule has 0 bridgehead atoms. The molecule has 0 spiro atoms. The zero-order chi connectivity index (χ0) is 43.1. The van der Waals surface area contributed by atoms with Crippen LogP contribution in [0.1, 0.15) is 265 Å². The van der Waals surface area contributed by atoms with Crippen molar-refractivity contribution in [2.24, 2.45) is 0 Å². The number of amides is 1. The maximum atomic E-state index is 13.2. The molecule has 0 aromatic carbocycles. The summed E-state index contributed by atoms with van der Waals surface area (Å²) >= 11 is 0. The van der Waals surface area contributed by atoms with Gasteiger partial charge in [0.05, 0.1) is 25.2 Å². The van der Waals surface area contributed by atoms with Gasteiger partial charge in [-0.2, -0.15) is 0 Å². The fraction of sp³-hybridized carbons (Fsp3) is 0.849. The van der Waals surface area contributed by atoms with Crippen LogP contribution in [-0.2, 0) is 14.3 Å². The van der Waals surface area contributed by atoms with Gasteiger partial charge in [0.25, 0.3) is 0 Å². The second-order valence-electron chi connectivity index (χ2n) is 17.6. The summed E-state index contributed by atoms with van der Waals surface area (Å²) in [4.78, 5) is 26.1. The van der Waals surface area contributed by atoms with Crippen molar-refractivity contribution in [3.63, 3.8) is 0 Å². The number of hydrogen-bond donors (Lipinski definition) is 3. The highest BCUT2D eigenvalue weighted by Gasteiger charge is 2.24. The lowest BCUT2D eigenvalue weighted by Gasteiger charge is -2.24. The van der Waals surface area contributed by atoms with E-state index in [4.69, 9.17) is 4.74 Å². The molecule has 0 heterocycles. The molecule has 0 rings (SSSR count). The number of carbonyl (C=O) groups excluding carboxylic acids is 2. The van der Waals surface area contributed by atoms with Gasteiger partial charge in [0, 0.05) is 6.42 Å². The molecule has 0 aromatic heterocycles. The predicted molar refractivity (Wildman–Crippen MR) is 255 cm³/mol. The van der Waals surface area contributed by atoms with E-state index in [2.05, 4.69) is 62.5 Å². The normalized spacial score (nSPS) is 13.5. The summed E-state index contributed by atoms with van der Waals surface area (Å²) in [5.41, 5.74) is 0. The Balaban J connectivity index is 4.59. The van der Waals surface area contributed by atoms with Crippen molar-refractivity contribution in [3.8, 4) is 0 Å². The summed E-state index contributed by atoms with van der Waals surface area (Å²) in [7, 11) is 0. The summed E-state index contributed by atoms with van der Waals surface area (Å²) in [6.45, 7) is 6.44. The average molecular weight is 830 g/mol.